The number of hydrogen-bond donors (Lipinski definition) is 2. The maximum atomic E-state index is 12.4. The van der Waals surface area contributed by atoms with E-state index in [1.165, 1.54) is 0 Å². The quantitative estimate of drug-likeness (QED) is 0.465. The van der Waals surface area contributed by atoms with Crippen LogP contribution in [-0.4, -0.2) is 27.8 Å². The van der Waals surface area contributed by atoms with Gasteiger partial charge in [-0.15, -0.1) is 0 Å². The molecular formula is C19H22N4O4S. The van der Waals surface area contributed by atoms with E-state index in [1.54, 1.807) is 13.2 Å². The number of benzene rings is 1. The zero-order valence-electron chi connectivity index (χ0n) is 16.0. The highest BCUT2D eigenvalue weighted by atomic mass is 32.1. The minimum Gasteiger partial charge on any atom is -0.497 e. The van der Waals surface area contributed by atoms with E-state index in [1.807, 2.05) is 30.5 Å². The Morgan fingerprint density at radius 2 is 2.21 bits per heavy atom. The van der Waals surface area contributed by atoms with Gasteiger partial charge in [-0.1, -0.05) is 0 Å². The van der Waals surface area contributed by atoms with Crippen molar-refractivity contribution in [2.45, 2.75) is 39.8 Å². The average Bonchev–Trinajstić information content (AvgIpc) is 3.05. The first-order valence-electron chi connectivity index (χ1n) is 8.95. The first-order chi connectivity index (χ1) is 13.4. The molecule has 0 aliphatic heterocycles. The summed E-state index contributed by atoms with van der Waals surface area (Å²) < 4.78 is 12.9. The number of H-pyrrole nitrogens is 1. The number of aryl methyl sites for hydroxylation is 1. The Morgan fingerprint density at radius 3 is 2.93 bits per heavy atom. The summed E-state index contributed by atoms with van der Waals surface area (Å²) in [5.41, 5.74) is 1.35. The van der Waals surface area contributed by atoms with Crippen LogP contribution in [0.4, 0.5) is 0 Å². The van der Waals surface area contributed by atoms with Crippen LogP contribution in [0.5, 0.6) is 5.75 Å². The fraction of sp³-hybridized carbons (Fsp3) is 0.368. The Labute approximate surface area is 166 Å². The number of nitrogens with one attached hydrogen (secondary N) is 2. The fourth-order valence-electron chi connectivity index (χ4n) is 3.11. The monoisotopic (exact) mass is 402 g/mol. The molecule has 0 spiro atoms. The maximum absolute atomic E-state index is 12.4. The van der Waals surface area contributed by atoms with Crippen LogP contribution >= 0.6 is 12.2 Å². The van der Waals surface area contributed by atoms with Gasteiger partial charge >= 0.3 is 5.63 Å². The lowest BCUT2D eigenvalue weighted by atomic mass is 10.0. The molecular weight excluding hydrogens is 380 g/mol. The molecule has 1 aromatic carbocycles. The van der Waals surface area contributed by atoms with Crippen molar-refractivity contribution in [2.24, 2.45) is 0 Å². The van der Waals surface area contributed by atoms with Gasteiger partial charge in [0, 0.05) is 30.0 Å². The van der Waals surface area contributed by atoms with Gasteiger partial charge in [-0.05, 0) is 50.2 Å². The molecule has 0 atom stereocenters. The molecule has 0 aliphatic carbocycles. The standard InChI is InChI=1S/C19H22N4O4S/c1-4-23-16(21-22-19(23)28)10-20-17(24)8-7-14-11(2)13-6-5-12(26-3)9-15(13)27-18(14)25/h5-6,9H,4,7-8,10H2,1-3H3,(H,20,24)(H,22,28). The first kappa shape index (κ1) is 19.8. The van der Waals surface area contributed by atoms with Crippen molar-refractivity contribution in [3.63, 3.8) is 0 Å². The summed E-state index contributed by atoms with van der Waals surface area (Å²) in [6.07, 6.45) is 0.465. The highest BCUT2D eigenvalue weighted by Crippen LogP contribution is 2.24. The van der Waals surface area contributed by atoms with Crippen molar-refractivity contribution in [2.75, 3.05) is 7.11 Å². The number of nitrogens with zero attached hydrogens (tertiary/aromatic N) is 2. The molecule has 3 aromatic rings. The van der Waals surface area contributed by atoms with Crippen molar-refractivity contribution >= 4 is 29.1 Å². The molecule has 0 aliphatic rings. The molecule has 0 unspecified atom stereocenters. The molecule has 2 N–H and O–H groups in total. The minimum absolute atomic E-state index is 0.171. The summed E-state index contributed by atoms with van der Waals surface area (Å²) in [6.45, 7) is 4.75. The van der Waals surface area contributed by atoms with Gasteiger partial charge < -0.3 is 19.0 Å². The van der Waals surface area contributed by atoms with Crippen LogP contribution in [0.15, 0.2) is 27.4 Å². The summed E-state index contributed by atoms with van der Waals surface area (Å²) in [7, 11) is 1.56. The van der Waals surface area contributed by atoms with Crippen LogP contribution in [0.2, 0.25) is 0 Å². The largest absolute Gasteiger partial charge is 0.497 e. The number of aromatic amines is 1. The molecule has 2 aromatic heterocycles. The van der Waals surface area contributed by atoms with Gasteiger partial charge in [0.25, 0.3) is 0 Å². The van der Waals surface area contributed by atoms with Gasteiger partial charge in [0.05, 0.1) is 13.7 Å². The number of carbonyl (C=O) groups is 1. The molecule has 28 heavy (non-hydrogen) atoms. The van der Waals surface area contributed by atoms with Crippen molar-refractivity contribution in [3.8, 4) is 5.75 Å². The van der Waals surface area contributed by atoms with E-state index >= 15 is 0 Å². The molecule has 3 rings (SSSR count). The molecule has 148 valence electrons. The summed E-state index contributed by atoms with van der Waals surface area (Å²) in [4.78, 5) is 24.6. The molecule has 0 bridgehead atoms. The minimum atomic E-state index is -0.432. The first-order valence-corrected chi connectivity index (χ1v) is 9.36. The van der Waals surface area contributed by atoms with E-state index in [9.17, 15) is 9.59 Å². The Bertz CT molecular complexity index is 1130. The Kier molecular flexibility index (Phi) is 5.93. The average molecular weight is 402 g/mol. The third kappa shape index (κ3) is 3.99. The number of fused-ring (bicyclic) bond motifs is 1. The molecule has 0 radical (unpaired) electrons. The van der Waals surface area contributed by atoms with E-state index in [-0.39, 0.29) is 18.9 Å². The summed E-state index contributed by atoms with van der Waals surface area (Å²) in [5.74, 6) is 1.11. The van der Waals surface area contributed by atoms with Crippen molar-refractivity contribution < 1.29 is 13.9 Å². The van der Waals surface area contributed by atoms with Crippen LogP contribution in [0, 0.1) is 11.7 Å². The highest BCUT2D eigenvalue weighted by Gasteiger charge is 2.14. The number of carbonyl (C=O) groups excluding carboxylic acids is 1. The molecule has 0 saturated carbocycles. The lowest BCUT2D eigenvalue weighted by Crippen LogP contribution is -2.25. The number of amides is 1. The Morgan fingerprint density at radius 1 is 1.43 bits per heavy atom. The second kappa shape index (κ2) is 8.39. The molecule has 2 heterocycles. The lowest BCUT2D eigenvalue weighted by molar-refractivity contribution is -0.121. The third-order valence-electron chi connectivity index (χ3n) is 4.69. The van der Waals surface area contributed by atoms with Crippen LogP contribution in [0.3, 0.4) is 0 Å². The second-order valence-electron chi connectivity index (χ2n) is 6.32. The third-order valence-corrected chi connectivity index (χ3v) is 5.01. The van der Waals surface area contributed by atoms with Crippen molar-refractivity contribution in [1.82, 2.24) is 20.1 Å². The van der Waals surface area contributed by atoms with E-state index < -0.39 is 5.63 Å². The van der Waals surface area contributed by atoms with Crippen LogP contribution in [0.25, 0.3) is 11.0 Å². The molecule has 0 fully saturated rings. The van der Waals surface area contributed by atoms with Gasteiger partial charge in [0.2, 0.25) is 5.91 Å². The molecule has 9 heteroatoms. The lowest BCUT2D eigenvalue weighted by Gasteiger charge is -2.09. The molecule has 1 amide bonds. The van der Waals surface area contributed by atoms with Crippen LogP contribution in [-0.2, 0) is 24.3 Å². The van der Waals surface area contributed by atoms with Gasteiger partial charge in [0.1, 0.15) is 11.3 Å². The number of hydrogen-bond acceptors (Lipinski definition) is 6. The van der Waals surface area contributed by atoms with E-state index in [0.717, 1.165) is 10.9 Å². The summed E-state index contributed by atoms with van der Waals surface area (Å²) >= 11 is 5.13. The Hall–Kier alpha value is -2.94. The zero-order valence-corrected chi connectivity index (χ0v) is 16.8. The topological polar surface area (TPSA) is 102 Å². The number of ether oxygens (including phenoxy) is 1. The number of aromatic nitrogens is 3. The van der Waals surface area contributed by atoms with Gasteiger partial charge in [-0.3, -0.25) is 9.89 Å². The normalized spacial score (nSPS) is 11.0. The highest BCUT2D eigenvalue weighted by molar-refractivity contribution is 7.71. The van der Waals surface area contributed by atoms with E-state index in [0.29, 0.717) is 40.5 Å². The second-order valence-corrected chi connectivity index (χ2v) is 6.71. The molecule has 8 nitrogen and oxygen atoms in total. The SMILES string of the molecule is CCn1c(CNC(=O)CCc2c(C)c3ccc(OC)cc3oc2=O)n[nH]c1=S. The smallest absolute Gasteiger partial charge is 0.339 e. The van der Waals surface area contributed by atoms with Crippen LogP contribution in [0.1, 0.15) is 30.3 Å². The predicted molar refractivity (Wildman–Crippen MR) is 107 cm³/mol. The Balaban J connectivity index is 1.70. The predicted octanol–water partition coefficient (Wildman–Crippen LogP) is 2.63. The maximum Gasteiger partial charge on any atom is 0.339 e. The number of rotatable bonds is 7. The van der Waals surface area contributed by atoms with Crippen molar-refractivity contribution in [3.05, 3.63) is 50.3 Å². The van der Waals surface area contributed by atoms with Crippen LogP contribution < -0.4 is 15.7 Å². The summed E-state index contributed by atoms with van der Waals surface area (Å²) in [5, 5.41) is 10.5. The van der Waals surface area contributed by atoms with E-state index in [4.69, 9.17) is 21.4 Å². The zero-order chi connectivity index (χ0) is 20.3. The number of methoxy groups -OCH3 is 1. The summed E-state index contributed by atoms with van der Waals surface area (Å²) in [6, 6.07) is 5.34. The molecule has 0 saturated heterocycles. The van der Waals surface area contributed by atoms with Gasteiger partial charge in [-0.25, -0.2) is 4.79 Å². The fourth-order valence-corrected chi connectivity index (χ4v) is 3.39. The van der Waals surface area contributed by atoms with Gasteiger partial charge in [0.15, 0.2) is 10.6 Å². The van der Waals surface area contributed by atoms with Crippen molar-refractivity contribution in [1.29, 1.82) is 0 Å². The van der Waals surface area contributed by atoms with Gasteiger partial charge in [-0.2, -0.15) is 5.10 Å². The van der Waals surface area contributed by atoms with E-state index in [2.05, 4.69) is 15.5 Å².